The number of nitro benzene ring substituents is 1. The van der Waals surface area contributed by atoms with Crippen molar-refractivity contribution < 1.29 is 33.4 Å². The van der Waals surface area contributed by atoms with Gasteiger partial charge in [0.1, 0.15) is 29.8 Å². The highest BCUT2D eigenvalue weighted by molar-refractivity contribution is 6.11. The van der Waals surface area contributed by atoms with Gasteiger partial charge in [0.15, 0.2) is 17.8 Å². The zero-order valence-electron chi connectivity index (χ0n) is 18.7. The van der Waals surface area contributed by atoms with Crippen LogP contribution < -0.4 is 0 Å². The van der Waals surface area contributed by atoms with Gasteiger partial charge in [0.2, 0.25) is 5.78 Å². The lowest BCUT2D eigenvalue weighted by Crippen LogP contribution is -2.36. The summed E-state index contributed by atoms with van der Waals surface area (Å²) in [6.45, 7) is 3.38. The van der Waals surface area contributed by atoms with Crippen molar-refractivity contribution in [1.29, 1.82) is 0 Å². The number of rotatable bonds is 6. The van der Waals surface area contributed by atoms with Crippen LogP contribution >= 0.6 is 0 Å². The number of non-ortho nitro benzene ring substituents is 1. The second-order valence-electron chi connectivity index (χ2n) is 8.75. The Labute approximate surface area is 198 Å². The molecule has 3 aromatic rings. The molecule has 4 atom stereocenters. The van der Waals surface area contributed by atoms with Crippen LogP contribution in [0.3, 0.4) is 0 Å². The first-order valence-electron chi connectivity index (χ1n) is 10.8. The van der Waals surface area contributed by atoms with Gasteiger partial charge in [0.05, 0.1) is 11.5 Å². The Morgan fingerprint density at radius 1 is 1.23 bits per heavy atom. The summed E-state index contributed by atoms with van der Waals surface area (Å²) in [4.78, 5) is 24.0. The normalized spacial score (nSPS) is 24.9. The number of carbonyl (C=O) groups excluding carboxylic acids is 1. The van der Waals surface area contributed by atoms with E-state index < -0.39 is 46.9 Å². The van der Waals surface area contributed by atoms with Crippen molar-refractivity contribution in [3.63, 3.8) is 0 Å². The largest absolute Gasteiger partial charge is 0.387 e. The second kappa shape index (κ2) is 8.57. The van der Waals surface area contributed by atoms with Gasteiger partial charge in [0, 0.05) is 23.3 Å². The molecule has 3 heterocycles. The van der Waals surface area contributed by atoms with Crippen LogP contribution in [-0.4, -0.2) is 61.2 Å². The van der Waals surface area contributed by atoms with Gasteiger partial charge in [0.25, 0.3) is 5.69 Å². The minimum atomic E-state index is -1.06. The van der Waals surface area contributed by atoms with E-state index in [4.69, 9.17) is 14.2 Å². The quantitative estimate of drug-likeness (QED) is 0.317. The maximum absolute atomic E-state index is 13.4. The second-order valence-corrected chi connectivity index (χ2v) is 8.75. The van der Waals surface area contributed by atoms with Gasteiger partial charge in [-0.2, -0.15) is 0 Å². The molecule has 11 nitrogen and oxygen atoms in total. The molecule has 0 radical (unpaired) electrons. The van der Waals surface area contributed by atoms with Crippen LogP contribution in [0.2, 0.25) is 0 Å². The third-order valence-corrected chi connectivity index (χ3v) is 5.85. The molecule has 2 fully saturated rings. The third kappa shape index (κ3) is 4.32. The fourth-order valence-corrected chi connectivity index (χ4v) is 4.26. The SMILES string of the molecule is CC1(C)O[C@H]2OC(Cn3nnc(C(=O)c4ccc(F)cc4)c3-c3cccc([N+](=O)[O-])c3)[C@H](O)[C@H]2O1. The van der Waals surface area contributed by atoms with E-state index in [-0.39, 0.29) is 29.2 Å². The summed E-state index contributed by atoms with van der Waals surface area (Å²) in [6.07, 6.45) is -3.36. The number of carbonyl (C=O) groups is 1. The van der Waals surface area contributed by atoms with Gasteiger partial charge >= 0.3 is 0 Å². The molecule has 1 aromatic heterocycles. The van der Waals surface area contributed by atoms with E-state index >= 15 is 0 Å². The van der Waals surface area contributed by atoms with Crippen LogP contribution in [0.15, 0.2) is 48.5 Å². The number of nitrogens with zero attached hydrogens (tertiary/aromatic N) is 4. The van der Waals surface area contributed by atoms with Crippen molar-refractivity contribution in [1.82, 2.24) is 15.0 Å². The molecule has 0 spiro atoms. The number of fused-ring (bicyclic) bond motifs is 1. The fraction of sp³-hybridized carbons (Fsp3) is 0.348. The molecular weight excluding hydrogens is 463 g/mol. The molecule has 2 aromatic carbocycles. The zero-order chi connectivity index (χ0) is 24.9. The highest BCUT2D eigenvalue weighted by Crippen LogP contribution is 2.38. The van der Waals surface area contributed by atoms with Crippen molar-refractivity contribution in [2.75, 3.05) is 0 Å². The lowest BCUT2D eigenvalue weighted by atomic mass is 10.0. The average molecular weight is 484 g/mol. The number of nitro groups is 1. The van der Waals surface area contributed by atoms with E-state index in [2.05, 4.69) is 10.3 Å². The van der Waals surface area contributed by atoms with Crippen LogP contribution in [0.4, 0.5) is 10.1 Å². The standard InChI is InChI=1S/C23H21FN4O7/c1-23(2)34-21-20(30)16(33-22(21)35-23)11-27-18(13-4-3-5-15(10-13)28(31)32)17(25-26-27)19(29)12-6-8-14(24)9-7-12/h3-10,16,20-22,30H,11H2,1-2H3/t16?,20-,21+,22+/m0/s1. The summed E-state index contributed by atoms with van der Waals surface area (Å²) in [7, 11) is 0. The molecule has 2 aliphatic rings. The van der Waals surface area contributed by atoms with Gasteiger partial charge in [-0.15, -0.1) is 5.10 Å². The molecule has 0 bridgehead atoms. The molecule has 2 aliphatic heterocycles. The number of benzene rings is 2. The van der Waals surface area contributed by atoms with Gasteiger partial charge in [-0.05, 0) is 38.1 Å². The van der Waals surface area contributed by atoms with Gasteiger partial charge in [-0.3, -0.25) is 14.9 Å². The molecule has 1 N–H and O–H groups in total. The van der Waals surface area contributed by atoms with Gasteiger partial charge in [-0.1, -0.05) is 17.3 Å². The van der Waals surface area contributed by atoms with Crippen LogP contribution in [-0.2, 0) is 20.8 Å². The summed E-state index contributed by atoms with van der Waals surface area (Å²) < 4.78 is 31.9. The minimum Gasteiger partial charge on any atom is -0.387 e. The number of aliphatic hydroxyl groups excluding tert-OH is 1. The summed E-state index contributed by atoms with van der Waals surface area (Å²) >= 11 is 0. The first kappa shape index (κ1) is 23.2. The minimum absolute atomic E-state index is 0.0387. The van der Waals surface area contributed by atoms with Crippen molar-refractivity contribution in [2.24, 2.45) is 0 Å². The molecule has 12 heteroatoms. The van der Waals surface area contributed by atoms with E-state index in [0.29, 0.717) is 5.56 Å². The summed E-state index contributed by atoms with van der Waals surface area (Å²) in [5, 5.41) is 30.2. The predicted octanol–water partition coefficient (Wildman–Crippen LogP) is 2.46. The van der Waals surface area contributed by atoms with E-state index in [1.54, 1.807) is 19.9 Å². The smallest absolute Gasteiger partial charge is 0.270 e. The average Bonchev–Trinajstić information content (AvgIpc) is 3.45. The van der Waals surface area contributed by atoms with Crippen LogP contribution in [0, 0.1) is 15.9 Å². The molecule has 35 heavy (non-hydrogen) atoms. The fourth-order valence-electron chi connectivity index (χ4n) is 4.26. The Morgan fingerprint density at radius 3 is 2.66 bits per heavy atom. The predicted molar refractivity (Wildman–Crippen MR) is 117 cm³/mol. The van der Waals surface area contributed by atoms with Gasteiger partial charge < -0.3 is 19.3 Å². The number of halogens is 1. The maximum atomic E-state index is 13.4. The number of hydrogen-bond donors (Lipinski definition) is 1. The lowest BCUT2D eigenvalue weighted by molar-refractivity contribution is -0.384. The Balaban J connectivity index is 1.52. The highest BCUT2D eigenvalue weighted by atomic mass is 19.1. The van der Waals surface area contributed by atoms with E-state index in [9.17, 15) is 24.4 Å². The first-order chi connectivity index (χ1) is 16.6. The van der Waals surface area contributed by atoms with Crippen molar-refractivity contribution >= 4 is 11.5 Å². The number of hydrogen-bond acceptors (Lipinski definition) is 9. The number of aromatic nitrogens is 3. The van der Waals surface area contributed by atoms with Crippen molar-refractivity contribution in [3.05, 3.63) is 75.7 Å². The lowest BCUT2D eigenvalue weighted by Gasteiger charge is -2.23. The number of ether oxygens (including phenoxy) is 3. The van der Waals surface area contributed by atoms with Crippen LogP contribution in [0.1, 0.15) is 29.9 Å². The Bertz CT molecular complexity index is 1290. The summed E-state index contributed by atoms with van der Waals surface area (Å²) in [5.41, 5.74) is 0.402. The first-order valence-corrected chi connectivity index (χ1v) is 10.8. The Morgan fingerprint density at radius 2 is 1.97 bits per heavy atom. The zero-order valence-corrected chi connectivity index (χ0v) is 18.7. The maximum Gasteiger partial charge on any atom is 0.270 e. The molecule has 1 unspecified atom stereocenters. The van der Waals surface area contributed by atoms with E-state index in [0.717, 1.165) is 12.1 Å². The van der Waals surface area contributed by atoms with Crippen molar-refractivity contribution in [2.45, 2.75) is 50.8 Å². The van der Waals surface area contributed by atoms with Crippen LogP contribution in [0.5, 0.6) is 0 Å². The summed E-state index contributed by atoms with van der Waals surface area (Å²) in [6, 6.07) is 10.6. The topological polar surface area (TPSA) is 139 Å². The van der Waals surface area contributed by atoms with Gasteiger partial charge in [-0.25, -0.2) is 9.07 Å². The van der Waals surface area contributed by atoms with E-state index in [1.165, 1.54) is 35.0 Å². The third-order valence-electron chi connectivity index (χ3n) is 5.85. The van der Waals surface area contributed by atoms with Crippen molar-refractivity contribution in [3.8, 4) is 11.3 Å². The monoisotopic (exact) mass is 484 g/mol. The number of aliphatic hydroxyl groups is 1. The molecule has 0 amide bonds. The Kier molecular flexibility index (Phi) is 5.68. The molecule has 5 rings (SSSR count). The van der Waals surface area contributed by atoms with Crippen LogP contribution in [0.25, 0.3) is 11.3 Å². The highest BCUT2D eigenvalue weighted by Gasteiger charge is 2.54. The van der Waals surface area contributed by atoms with E-state index in [1.807, 2.05) is 0 Å². The molecule has 0 aliphatic carbocycles. The summed E-state index contributed by atoms with van der Waals surface area (Å²) in [5.74, 6) is -1.96. The number of ketones is 1. The molecular formula is C23H21FN4O7. The Hall–Kier alpha value is -3.58. The molecule has 182 valence electrons. The molecule has 0 saturated carbocycles. The molecule has 2 saturated heterocycles.